The molecule has 0 amide bonds. The number of hydrogen-bond acceptors (Lipinski definition) is 7. The van der Waals surface area contributed by atoms with Crippen molar-refractivity contribution in [3.63, 3.8) is 0 Å². The summed E-state index contributed by atoms with van der Waals surface area (Å²) in [6.45, 7) is 2.95. The second kappa shape index (κ2) is 7.39. The average Bonchev–Trinajstić information content (AvgIpc) is 3.46. The Morgan fingerprint density at radius 2 is 1.70 bits per heavy atom. The molecular formula is C21H27N5O3S. The largest absolute Gasteiger partial charge is 0.495 e. The Morgan fingerprint density at radius 3 is 2.40 bits per heavy atom. The summed E-state index contributed by atoms with van der Waals surface area (Å²) >= 11 is 0. The van der Waals surface area contributed by atoms with Crippen molar-refractivity contribution in [2.45, 2.75) is 43.4 Å². The second-order valence-corrected chi connectivity index (χ2v) is 10.1. The molecular weight excluding hydrogens is 402 g/mol. The van der Waals surface area contributed by atoms with Crippen LogP contribution in [0.5, 0.6) is 5.75 Å². The molecule has 8 nitrogen and oxygen atoms in total. The smallest absolute Gasteiger partial charge is 0.246 e. The number of anilines is 2. The van der Waals surface area contributed by atoms with Gasteiger partial charge in [-0.15, -0.1) is 0 Å². The van der Waals surface area contributed by atoms with E-state index in [0.717, 1.165) is 79.8 Å². The van der Waals surface area contributed by atoms with Gasteiger partial charge in [-0.2, -0.15) is 9.29 Å². The Balaban J connectivity index is 1.71. The van der Waals surface area contributed by atoms with Crippen molar-refractivity contribution in [3.8, 4) is 16.9 Å². The molecule has 160 valence electrons. The summed E-state index contributed by atoms with van der Waals surface area (Å²) in [7, 11) is -2.10. The molecule has 2 N–H and O–H groups in total. The monoisotopic (exact) mass is 429 g/mol. The number of hydrogen-bond donors (Lipinski definition) is 1. The lowest BCUT2D eigenvalue weighted by atomic mass is 9.88. The number of benzene rings is 1. The standard InChI is InChI=1S/C21H27N5O3S/c1-29-17-12-14-6-7-16-19(20(24-21(22)23-16)25-8-2-3-9-25)15(14)13-18(17)30(27,28)26-10-4-5-11-26/h12-13H,2-11H2,1H3,(H2,22,23,24). The Labute approximate surface area is 177 Å². The fourth-order valence-electron chi connectivity index (χ4n) is 4.85. The summed E-state index contributed by atoms with van der Waals surface area (Å²) in [6, 6.07) is 3.66. The van der Waals surface area contributed by atoms with Crippen LogP contribution in [-0.4, -0.2) is 56.0 Å². The van der Waals surface area contributed by atoms with Gasteiger partial charge >= 0.3 is 0 Å². The predicted molar refractivity (Wildman–Crippen MR) is 115 cm³/mol. The van der Waals surface area contributed by atoms with E-state index in [2.05, 4.69) is 14.9 Å². The van der Waals surface area contributed by atoms with Crippen LogP contribution in [0.2, 0.25) is 0 Å². The normalized spacial score (nSPS) is 19.0. The Bertz CT molecular complexity index is 1090. The van der Waals surface area contributed by atoms with E-state index in [9.17, 15) is 8.42 Å². The van der Waals surface area contributed by atoms with Gasteiger partial charge in [-0.05, 0) is 61.8 Å². The molecule has 0 atom stereocenters. The maximum Gasteiger partial charge on any atom is 0.246 e. The highest BCUT2D eigenvalue weighted by Crippen LogP contribution is 2.43. The summed E-state index contributed by atoms with van der Waals surface area (Å²) < 4.78 is 33.9. The highest BCUT2D eigenvalue weighted by Gasteiger charge is 2.33. The fraction of sp³-hybridized carbons (Fsp3) is 0.524. The Morgan fingerprint density at radius 1 is 1.00 bits per heavy atom. The first-order chi connectivity index (χ1) is 14.5. The van der Waals surface area contributed by atoms with Gasteiger partial charge in [0.05, 0.1) is 12.8 Å². The lowest BCUT2D eigenvalue weighted by Gasteiger charge is -2.28. The molecule has 2 aromatic rings. The maximum absolute atomic E-state index is 13.4. The van der Waals surface area contributed by atoms with E-state index in [4.69, 9.17) is 10.5 Å². The van der Waals surface area contributed by atoms with E-state index < -0.39 is 10.0 Å². The Hall–Kier alpha value is -2.39. The molecule has 2 aliphatic heterocycles. The van der Waals surface area contributed by atoms with Crippen molar-refractivity contribution in [2.24, 2.45) is 0 Å². The number of aryl methyl sites for hydroxylation is 2. The van der Waals surface area contributed by atoms with Crippen LogP contribution in [0, 0.1) is 0 Å². The summed E-state index contributed by atoms with van der Waals surface area (Å²) in [5.74, 6) is 1.51. The van der Waals surface area contributed by atoms with Crippen molar-refractivity contribution in [3.05, 3.63) is 23.4 Å². The minimum absolute atomic E-state index is 0.225. The van der Waals surface area contributed by atoms with Gasteiger partial charge < -0.3 is 15.4 Å². The number of fused-ring (bicyclic) bond motifs is 3. The summed E-state index contributed by atoms with van der Waals surface area (Å²) in [4.78, 5) is 11.6. The third-order valence-electron chi connectivity index (χ3n) is 6.36. The SMILES string of the molecule is COc1cc2c(cc1S(=O)(=O)N1CCCC1)-c1c(nc(N)nc1N1CCCC1)CC2. The molecule has 0 unspecified atom stereocenters. The predicted octanol–water partition coefficient (Wildman–Crippen LogP) is 2.22. The zero-order valence-corrected chi connectivity index (χ0v) is 18.0. The molecule has 5 rings (SSSR count). The summed E-state index contributed by atoms with van der Waals surface area (Å²) in [6.07, 6.45) is 5.52. The highest BCUT2D eigenvalue weighted by molar-refractivity contribution is 7.89. The van der Waals surface area contributed by atoms with Crippen LogP contribution in [0.3, 0.4) is 0 Å². The zero-order valence-electron chi connectivity index (χ0n) is 17.2. The third-order valence-corrected chi connectivity index (χ3v) is 8.28. The number of nitrogen functional groups attached to an aromatic ring is 1. The second-order valence-electron chi connectivity index (χ2n) is 8.19. The maximum atomic E-state index is 13.4. The molecule has 9 heteroatoms. The van der Waals surface area contributed by atoms with Gasteiger partial charge in [-0.3, -0.25) is 0 Å². The molecule has 2 fully saturated rings. The molecule has 3 heterocycles. The number of nitrogens with two attached hydrogens (primary N) is 1. The van der Waals surface area contributed by atoms with Crippen LogP contribution in [0.15, 0.2) is 17.0 Å². The Kier molecular flexibility index (Phi) is 4.82. The average molecular weight is 430 g/mol. The highest BCUT2D eigenvalue weighted by atomic mass is 32.2. The van der Waals surface area contributed by atoms with Gasteiger partial charge in [0, 0.05) is 31.7 Å². The van der Waals surface area contributed by atoms with E-state index in [1.807, 2.05) is 6.07 Å². The number of rotatable bonds is 4. The van der Waals surface area contributed by atoms with Gasteiger partial charge in [0.2, 0.25) is 16.0 Å². The van der Waals surface area contributed by atoms with Crippen LogP contribution < -0.4 is 15.4 Å². The van der Waals surface area contributed by atoms with Gasteiger partial charge in [-0.25, -0.2) is 13.4 Å². The van der Waals surface area contributed by atoms with Crippen LogP contribution in [-0.2, 0) is 22.9 Å². The first-order valence-corrected chi connectivity index (χ1v) is 12.1. The third kappa shape index (κ3) is 3.11. The molecule has 0 bridgehead atoms. The molecule has 0 spiro atoms. The molecule has 0 saturated carbocycles. The van der Waals surface area contributed by atoms with E-state index in [-0.39, 0.29) is 10.8 Å². The van der Waals surface area contributed by atoms with Crippen LogP contribution in [0.1, 0.15) is 36.9 Å². The molecule has 1 aliphatic carbocycles. The van der Waals surface area contributed by atoms with E-state index in [0.29, 0.717) is 18.8 Å². The van der Waals surface area contributed by atoms with Crippen molar-refractivity contribution in [2.75, 3.05) is 43.9 Å². The van der Waals surface area contributed by atoms with E-state index in [1.54, 1.807) is 10.4 Å². The molecule has 1 aromatic heterocycles. The molecule has 3 aliphatic rings. The number of aromatic nitrogens is 2. The van der Waals surface area contributed by atoms with Crippen molar-refractivity contribution in [1.29, 1.82) is 0 Å². The number of ether oxygens (including phenoxy) is 1. The minimum atomic E-state index is -3.63. The van der Waals surface area contributed by atoms with E-state index >= 15 is 0 Å². The van der Waals surface area contributed by atoms with Gasteiger partial charge in [0.1, 0.15) is 16.5 Å². The summed E-state index contributed by atoms with van der Waals surface area (Å²) in [5, 5.41) is 0. The van der Waals surface area contributed by atoms with Gasteiger partial charge in [0.25, 0.3) is 0 Å². The number of methoxy groups -OCH3 is 1. The zero-order chi connectivity index (χ0) is 20.9. The van der Waals surface area contributed by atoms with Crippen LogP contribution in [0.4, 0.5) is 11.8 Å². The number of nitrogens with zero attached hydrogens (tertiary/aromatic N) is 4. The van der Waals surface area contributed by atoms with Crippen LogP contribution >= 0.6 is 0 Å². The topological polar surface area (TPSA) is 102 Å². The lowest BCUT2D eigenvalue weighted by molar-refractivity contribution is 0.398. The molecule has 2 saturated heterocycles. The lowest BCUT2D eigenvalue weighted by Crippen LogP contribution is -2.28. The molecule has 30 heavy (non-hydrogen) atoms. The quantitative estimate of drug-likeness (QED) is 0.795. The minimum Gasteiger partial charge on any atom is -0.495 e. The van der Waals surface area contributed by atoms with Gasteiger partial charge in [0.15, 0.2) is 0 Å². The first-order valence-electron chi connectivity index (χ1n) is 10.6. The van der Waals surface area contributed by atoms with Crippen LogP contribution in [0.25, 0.3) is 11.1 Å². The molecule has 1 aromatic carbocycles. The fourth-order valence-corrected chi connectivity index (χ4v) is 6.53. The first kappa shape index (κ1) is 19.6. The van der Waals surface area contributed by atoms with E-state index in [1.165, 1.54) is 7.11 Å². The molecule has 0 radical (unpaired) electrons. The number of sulfonamides is 1. The van der Waals surface area contributed by atoms with Crippen molar-refractivity contribution >= 4 is 21.8 Å². The summed E-state index contributed by atoms with van der Waals surface area (Å²) in [5.41, 5.74) is 9.79. The van der Waals surface area contributed by atoms with Crippen molar-refractivity contribution < 1.29 is 13.2 Å². The van der Waals surface area contributed by atoms with Gasteiger partial charge in [-0.1, -0.05) is 0 Å². The van der Waals surface area contributed by atoms with Crippen molar-refractivity contribution in [1.82, 2.24) is 14.3 Å².